The van der Waals surface area contributed by atoms with Gasteiger partial charge in [-0.2, -0.15) is 5.10 Å². The molecular formula is C22H29B2ClFN7O4S. The van der Waals surface area contributed by atoms with Gasteiger partial charge in [-0.3, -0.25) is 9.40 Å². The molecule has 0 aliphatic carbocycles. The first-order valence-corrected chi connectivity index (χ1v) is 13.9. The number of methoxy groups -OCH3 is 1. The van der Waals surface area contributed by atoms with Gasteiger partial charge in [0.2, 0.25) is 16.0 Å². The first-order chi connectivity index (χ1) is 17.6. The monoisotopic (exact) mass is 563 g/mol. The third-order valence-corrected chi connectivity index (χ3v) is 6.63. The molecule has 0 aliphatic heterocycles. The van der Waals surface area contributed by atoms with Crippen LogP contribution >= 0.6 is 11.6 Å². The summed E-state index contributed by atoms with van der Waals surface area (Å²) in [7, 11) is 1.25. The molecule has 3 N–H and O–H groups in total. The van der Waals surface area contributed by atoms with Gasteiger partial charge in [-0.05, 0) is 44.3 Å². The Morgan fingerprint density at radius 3 is 2.53 bits per heavy atom. The van der Waals surface area contributed by atoms with Crippen LogP contribution in [0.25, 0.3) is 22.5 Å². The lowest BCUT2D eigenvalue weighted by atomic mass is 9.58. The average molecular weight is 564 g/mol. The van der Waals surface area contributed by atoms with Gasteiger partial charge in [0.05, 0.1) is 24.7 Å². The fraction of sp³-hybridized carbons (Fsp3) is 0.364. The smallest absolute Gasteiger partial charge is 0.407 e. The summed E-state index contributed by atoms with van der Waals surface area (Å²) in [4.78, 5) is 20.6. The number of hydrogen-bond acceptors (Lipinski definition) is 8. The second-order valence-corrected chi connectivity index (χ2v) is 11.8. The Labute approximate surface area is 227 Å². The Kier molecular flexibility index (Phi) is 8.61. The van der Waals surface area contributed by atoms with Gasteiger partial charge in [-0.1, -0.05) is 11.6 Å². The van der Waals surface area contributed by atoms with E-state index in [1.54, 1.807) is 23.1 Å². The number of nitrogens with one attached hydrogen (secondary N) is 3. The number of amides is 1. The molecule has 0 bridgehead atoms. The summed E-state index contributed by atoms with van der Waals surface area (Å²) in [6.07, 6.45) is 3.62. The molecule has 202 valence electrons. The fourth-order valence-corrected chi connectivity index (χ4v) is 4.23. The van der Waals surface area contributed by atoms with E-state index in [4.69, 9.17) is 11.6 Å². The van der Waals surface area contributed by atoms with Gasteiger partial charge < -0.3 is 15.4 Å². The van der Waals surface area contributed by atoms with Crippen molar-refractivity contribution in [2.24, 2.45) is 0 Å². The highest BCUT2D eigenvalue weighted by Crippen LogP contribution is 2.37. The van der Waals surface area contributed by atoms with Crippen LogP contribution in [0.3, 0.4) is 0 Å². The molecule has 3 rings (SSSR count). The lowest BCUT2D eigenvalue weighted by Crippen LogP contribution is -2.57. The predicted octanol–water partition coefficient (Wildman–Crippen LogP) is 1.83. The number of halogens is 2. The number of carbonyl (C=O) groups is 1. The summed E-state index contributed by atoms with van der Waals surface area (Å²) in [5.74, 6) is -0.563. The van der Waals surface area contributed by atoms with E-state index in [-0.39, 0.29) is 40.0 Å². The van der Waals surface area contributed by atoms with Crippen LogP contribution in [-0.2, 0) is 14.8 Å². The molecule has 2 aromatic heterocycles. The summed E-state index contributed by atoms with van der Waals surface area (Å²) in [6, 6.07) is 3.80. The van der Waals surface area contributed by atoms with E-state index in [0.29, 0.717) is 11.3 Å². The van der Waals surface area contributed by atoms with E-state index in [9.17, 15) is 13.2 Å². The molecule has 16 heteroatoms. The average Bonchev–Trinajstić information content (AvgIpc) is 3.25. The zero-order valence-electron chi connectivity index (χ0n) is 22.1. The van der Waals surface area contributed by atoms with Crippen LogP contribution in [0.1, 0.15) is 26.8 Å². The normalized spacial score (nSPS) is 12.7. The maximum atomic E-state index is 15.6. The van der Waals surface area contributed by atoms with Crippen molar-refractivity contribution in [1.82, 2.24) is 25.1 Å². The number of ether oxygens (including phenoxy) is 1. The van der Waals surface area contributed by atoms with Gasteiger partial charge in [-0.15, -0.1) is 0 Å². The first kappa shape index (κ1) is 29.2. The quantitative estimate of drug-likeness (QED) is 0.335. The number of carbonyl (C=O) groups excluding carboxylic acids is 1. The van der Waals surface area contributed by atoms with E-state index in [0.717, 1.165) is 6.26 Å². The Bertz CT molecular complexity index is 1450. The van der Waals surface area contributed by atoms with Crippen LogP contribution in [0.5, 0.6) is 0 Å². The minimum atomic E-state index is -3.76. The van der Waals surface area contributed by atoms with Crippen molar-refractivity contribution in [1.29, 1.82) is 0 Å². The number of nitrogens with zero attached hydrogens (tertiary/aromatic N) is 4. The van der Waals surface area contributed by atoms with Crippen molar-refractivity contribution in [2.45, 2.75) is 38.2 Å². The van der Waals surface area contributed by atoms with E-state index >= 15 is 4.39 Å². The van der Waals surface area contributed by atoms with E-state index in [1.165, 1.54) is 19.2 Å². The Morgan fingerprint density at radius 1 is 1.24 bits per heavy atom. The molecule has 3 aromatic rings. The van der Waals surface area contributed by atoms with Gasteiger partial charge in [-0.25, -0.2) is 27.6 Å². The second kappa shape index (κ2) is 11.2. The number of anilines is 2. The van der Waals surface area contributed by atoms with Crippen LogP contribution in [0.4, 0.5) is 20.8 Å². The molecule has 0 unspecified atom stereocenters. The number of rotatable bonds is 9. The molecule has 0 spiro atoms. The van der Waals surface area contributed by atoms with Crippen molar-refractivity contribution in [3.8, 4) is 22.5 Å². The van der Waals surface area contributed by atoms with E-state index < -0.39 is 27.3 Å². The highest BCUT2D eigenvalue weighted by molar-refractivity contribution is 7.92. The molecule has 1 atom stereocenters. The number of aromatic nitrogens is 4. The molecule has 2 heterocycles. The molecular weight excluding hydrogens is 534 g/mol. The van der Waals surface area contributed by atoms with Crippen LogP contribution < -0.4 is 15.4 Å². The van der Waals surface area contributed by atoms with Gasteiger partial charge in [0.15, 0.2) is 5.82 Å². The lowest BCUT2D eigenvalue weighted by molar-refractivity contribution is 0.167. The number of alkyl carbamates (subject to hydrolysis) is 1. The van der Waals surface area contributed by atoms with Crippen molar-refractivity contribution >= 4 is 55.0 Å². The zero-order chi connectivity index (χ0) is 28.4. The van der Waals surface area contributed by atoms with Crippen molar-refractivity contribution < 1.29 is 22.3 Å². The minimum Gasteiger partial charge on any atom is -0.453 e. The molecule has 1 aromatic carbocycles. The standard InChI is InChI=1S/C22H29B2ClFN7O4S/c1-11(2)33-10-15(19(31-33)14-8-13(25)9-17(18(14)26)32-38(5,35)36)16-6-7-27-20(29-16)30-22(23,24)12(3)28-21(34)37-4/h6-12,32H,23-24H2,1-5H3,(H,28,34)(H,27,29,30)/t12-/m0/s1. The van der Waals surface area contributed by atoms with Crippen LogP contribution in [-0.4, -0.2) is 74.7 Å². The molecule has 1 amide bonds. The largest absolute Gasteiger partial charge is 0.453 e. The highest BCUT2D eigenvalue weighted by atomic mass is 35.5. The SMILES string of the molecule is BC(B)(Nc1nccc(-c2cn(C(C)C)nc2-c2cc(Cl)cc(NS(C)(=O)=O)c2F)n1)[C@H](C)NC(=O)OC. The van der Waals surface area contributed by atoms with Crippen molar-refractivity contribution in [3.63, 3.8) is 0 Å². The third kappa shape index (κ3) is 6.95. The maximum Gasteiger partial charge on any atom is 0.407 e. The highest BCUT2D eigenvalue weighted by Gasteiger charge is 2.29. The van der Waals surface area contributed by atoms with Gasteiger partial charge in [0.25, 0.3) is 0 Å². The molecule has 0 fully saturated rings. The van der Waals surface area contributed by atoms with Crippen LogP contribution in [0, 0.1) is 5.82 Å². The summed E-state index contributed by atoms with van der Waals surface area (Å²) < 4.78 is 47.6. The molecule has 0 saturated carbocycles. The predicted molar refractivity (Wildman–Crippen MR) is 151 cm³/mol. The maximum absolute atomic E-state index is 15.6. The lowest BCUT2D eigenvalue weighted by Gasteiger charge is -2.33. The van der Waals surface area contributed by atoms with E-state index in [1.807, 2.05) is 36.5 Å². The zero-order valence-corrected chi connectivity index (χ0v) is 23.7. The third-order valence-electron chi connectivity index (χ3n) is 5.82. The van der Waals surface area contributed by atoms with Crippen LogP contribution in [0.15, 0.2) is 30.6 Å². The van der Waals surface area contributed by atoms with Crippen LogP contribution in [0.2, 0.25) is 5.02 Å². The number of sulfonamides is 1. The Morgan fingerprint density at radius 2 is 1.92 bits per heavy atom. The van der Waals surface area contributed by atoms with Gasteiger partial charge in [0.1, 0.15) is 21.4 Å². The molecule has 0 saturated heterocycles. The van der Waals surface area contributed by atoms with E-state index in [2.05, 4.69) is 35.2 Å². The molecule has 38 heavy (non-hydrogen) atoms. The second-order valence-electron chi connectivity index (χ2n) is 9.62. The Balaban J connectivity index is 2.09. The van der Waals surface area contributed by atoms with Gasteiger partial charge in [0, 0.05) is 40.6 Å². The summed E-state index contributed by atoms with van der Waals surface area (Å²) in [6.45, 7) is 5.63. The van der Waals surface area contributed by atoms with Crippen molar-refractivity contribution in [2.75, 3.05) is 23.4 Å². The fourth-order valence-electron chi connectivity index (χ4n) is 3.46. The van der Waals surface area contributed by atoms with Gasteiger partial charge >= 0.3 is 6.09 Å². The molecule has 0 radical (unpaired) electrons. The first-order valence-electron chi connectivity index (χ1n) is 11.6. The summed E-state index contributed by atoms with van der Waals surface area (Å²) in [5.41, 5.74) is 0.848. The molecule has 0 aliphatic rings. The van der Waals surface area contributed by atoms with Crippen molar-refractivity contribution in [3.05, 3.63) is 41.4 Å². The summed E-state index contributed by atoms with van der Waals surface area (Å²) in [5, 5.41) is 9.94. The molecule has 11 nitrogen and oxygen atoms in total. The number of benzene rings is 1. The Hall–Kier alpha value is -3.32. The minimum absolute atomic E-state index is 0.00222. The summed E-state index contributed by atoms with van der Waals surface area (Å²) >= 11 is 6.23. The topological polar surface area (TPSA) is 140 Å². The number of hydrogen-bond donors (Lipinski definition) is 3.